The number of benzene rings is 4. The number of sulfonamides is 1. The van der Waals surface area contributed by atoms with Gasteiger partial charge in [-0.2, -0.15) is 4.72 Å². The first-order valence-corrected chi connectivity index (χ1v) is 18.6. The van der Waals surface area contributed by atoms with Gasteiger partial charge < -0.3 is 25.0 Å². The van der Waals surface area contributed by atoms with E-state index in [9.17, 15) is 23.4 Å². The Bertz CT molecular complexity index is 1800. The third kappa shape index (κ3) is 9.04. The summed E-state index contributed by atoms with van der Waals surface area (Å²) < 4.78 is 42.2. The monoisotopic (exact) mass is 699 g/mol. The van der Waals surface area contributed by atoms with Crippen LogP contribution in [0.1, 0.15) is 59.5 Å². The summed E-state index contributed by atoms with van der Waals surface area (Å²) in [4.78, 5) is 16.0. The molecular weight excluding hydrogens is 655 g/mol. The van der Waals surface area contributed by atoms with E-state index < -0.39 is 28.3 Å². The number of anilines is 1. The Morgan fingerprint density at radius 2 is 1.58 bits per heavy atom. The molecule has 2 saturated heterocycles. The SMILES string of the molecule is Cc1ccc(S(=O)(=O)N[C@H](Cc2ccccc2)C(=O)Nc2ccc([C@@H]3O[C@H](CN4CCC[C@H]4CO)C[C@H](c4ccc(CO)cc4)O3)cc2)cc1. The molecule has 0 unspecified atom stereocenters. The lowest BCUT2D eigenvalue weighted by atomic mass is 9.99. The van der Waals surface area contributed by atoms with Crippen LogP contribution >= 0.6 is 0 Å². The van der Waals surface area contributed by atoms with Gasteiger partial charge >= 0.3 is 0 Å². The molecule has 264 valence electrons. The molecule has 0 saturated carbocycles. The fourth-order valence-electron chi connectivity index (χ4n) is 6.60. The third-order valence-electron chi connectivity index (χ3n) is 9.44. The minimum absolute atomic E-state index is 0.0355. The number of nitrogens with one attached hydrogen (secondary N) is 2. The highest BCUT2D eigenvalue weighted by atomic mass is 32.2. The lowest BCUT2D eigenvalue weighted by Gasteiger charge is -2.38. The number of likely N-dealkylation sites (tertiary alicyclic amines) is 1. The van der Waals surface area contributed by atoms with Gasteiger partial charge in [0, 0.05) is 30.3 Å². The number of aliphatic hydroxyl groups excluding tert-OH is 2. The number of hydrogen-bond donors (Lipinski definition) is 4. The highest BCUT2D eigenvalue weighted by molar-refractivity contribution is 7.89. The number of hydrogen-bond acceptors (Lipinski definition) is 8. The van der Waals surface area contributed by atoms with Crippen molar-refractivity contribution in [3.63, 3.8) is 0 Å². The van der Waals surface area contributed by atoms with Crippen molar-refractivity contribution in [3.8, 4) is 0 Å². The van der Waals surface area contributed by atoms with Crippen LogP contribution in [0.25, 0.3) is 0 Å². The molecule has 11 heteroatoms. The van der Waals surface area contributed by atoms with Gasteiger partial charge in [-0.25, -0.2) is 8.42 Å². The number of amides is 1. The zero-order valence-electron chi connectivity index (χ0n) is 28.1. The molecule has 2 fully saturated rings. The van der Waals surface area contributed by atoms with Gasteiger partial charge in [0.2, 0.25) is 15.9 Å². The summed E-state index contributed by atoms with van der Waals surface area (Å²) in [6, 6.07) is 29.7. The predicted octanol–water partition coefficient (Wildman–Crippen LogP) is 5.02. The van der Waals surface area contributed by atoms with Crippen LogP contribution in [0.3, 0.4) is 0 Å². The number of nitrogens with zero attached hydrogens (tertiary/aromatic N) is 1. The first kappa shape index (κ1) is 35.9. The van der Waals surface area contributed by atoms with Crippen LogP contribution < -0.4 is 10.0 Å². The van der Waals surface area contributed by atoms with Crippen molar-refractivity contribution < 1.29 is 32.9 Å². The summed E-state index contributed by atoms with van der Waals surface area (Å²) in [6.07, 6.45) is 1.72. The molecule has 2 aliphatic heterocycles. The molecule has 0 bridgehead atoms. The molecule has 0 radical (unpaired) electrons. The number of carbonyl (C=O) groups is 1. The van der Waals surface area contributed by atoms with Crippen molar-refractivity contribution in [2.45, 2.75) is 74.7 Å². The fraction of sp³-hybridized carbons (Fsp3) is 0.359. The molecule has 4 aromatic rings. The van der Waals surface area contributed by atoms with E-state index in [1.54, 1.807) is 24.3 Å². The van der Waals surface area contributed by atoms with Crippen LogP contribution in [0.4, 0.5) is 5.69 Å². The van der Waals surface area contributed by atoms with Gasteiger partial charge in [-0.3, -0.25) is 9.69 Å². The molecule has 4 aromatic carbocycles. The molecule has 2 aliphatic rings. The number of carbonyl (C=O) groups excluding carboxylic acids is 1. The number of aliphatic hydroxyl groups is 2. The largest absolute Gasteiger partial charge is 0.395 e. The van der Waals surface area contributed by atoms with Gasteiger partial charge in [0.1, 0.15) is 6.04 Å². The molecule has 4 N–H and O–H groups in total. The molecule has 0 aliphatic carbocycles. The number of rotatable bonds is 13. The average Bonchev–Trinajstić information content (AvgIpc) is 3.59. The van der Waals surface area contributed by atoms with E-state index in [1.807, 2.05) is 73.7 Å². The Morgan fingerprint density at radius 3 is 2.26 bits per heavy atom. The van der Waals surface area contributed by atoms with Crippen molar-refractivity contribution in [3.05, 3.63) is 131 Å². The topological polar surface area (TPSA) is 137 Å². The highest BCUT2D eigenvalue weighted by Crippen LogP contribution is 2.39. The smallest absolute Gasteiger partial charge is 0.242 e. The van der Waals surface area contributed by atoms with Gasteiger partial charge in [-0.15, -0.1) is 0 Å². The van der Waals surface area contributed by atoms with Gasteiger partial charge in [0.25, 0.3) is 0 Å². The van der Waals surface area contributed by atoms with Gasteiger partial charge in [0.05, 0.1) is 30.3 Å². The Morgan fingerprint density at radius 1 is 0.880 bits per heavy atom. The maximum Gasteiger partial charge on any atom is 0.242 e. The van der Waals surface area contributed by atoms with Crippen molar-refractivity contribution in [2.75, 3.05) is 25.0 Å². The molecule has 10 nitrogen and oxygen atoms in total. The normalized spacial score (nSPS) is 21.9. The Kier molecular flexibility index (Phi) is 11.8. The summed E-state index contributed by atoms with van der Waals surface area (Å²) in [5.41, 5.74) is 4.82. The molecule has 2 heterocycles. The summed E-state index contributed by atoms with van der Waals surface area (Å²) in [7, 11) is -3.98. The van der Waals surface area contributed by atoms with E-state index in [1.165, 1.54) is 12.1 Å². The summed E-state index contributed by atoms with van der Waals surface area (Å²) >= 11 is 0. The molecule has 50 heavy (non-hydrogen) atoms. The van der Waals surface area contributed by atoms with Gasteiger partial charge in [0.15, 0.2) is 6.29 Å². The van der Waals surface area contributed by atoms with Gasteiger partial charge in [-0.1, -0.05) is 84.4 Å². The number of aryl methyl sites for hydroxylation is 1. The minimum Gasteiger partial charge on any atom is -0.395 e. The Hall–Kier alpha value is -3.94. The van der Waals surface area contributed by atoms with Crippen molar-refractivity contribution in [2.24, 2.45) is 0 Å². The quantitative estimate of drug-likeness (QED) is 0.153. The van der Waals surface area contributed by atoms with Crippen LogP contribution in [0.2, 0.25) is 0 Å². The van der Waals surface area contributed by atoms with Crippen LogP contribution in [0, 0.1) is 6.92 Å². The van der Waals surface area contributed by atoms with E-state index >= 15 is 0 Å². The fourth-order valence-corrected chi connectivity index (χ4v) is 7.80. The molecule has 0 spiro atoms. The average molecular weight is 700 g/mol. The van der Waals surface area contributed by atoms with Crippen molar-refractivity contribution in [1.29, 1.82) is 0 Å². The predicted molar refractivity (Wildman–Crippen MR) is 191 cm³/mol. The van der Waals surface area contributed by atoms with Crippen LogP contribution in [-0.4, -0.2) is 67.3 Å². The molecule has 6 rings (SSSR count). The maximum atomic E-state index is 13.6. The zero-order chi connectivity index (χ0) is 35.1. The van der Waals surface area contributed by atoms with Crippen molar-refractivity contribution in [1.82, 2.24) is 9.62 Å². The Labute approximate surface area is 294 Å². The first-order chi connectivity index (χ1) is 24.2. The van der Waals surface area contributed by atoms with E-state index in [0.717, 1.165) is 47.2 Å². The van der Waals surface area contributed by atoms with E-state index in [0.29, 0.717) is 18.7 Å². The highest BCUT2D eigenvalue weighted by Gasteiger charge is 2.35. The zero-order valence-corrected chi connectivity index (χ0v) is 29.0. The maximum absolute atomic E-state index is 13.6. The third-order valence-corrected chi connectivity index (χ3v) is 10.9. The van der Waals surface area contributed by atoms with Crippen LogP contribution in [0.5, 0.6) is 0 Å². The van der Waals surface area contributed by atoms with Gasteiger partial charge in [-0.05, 0) is 73.7 Å². The van der Waals surface area contributed by atoms with Crippen LogP contribution in [-0.2, 0) is 37.3 Å². The second-order valence-corrected chi connectivity index (χ2v) is 14.8. The molecule has 5 atom stereocenters. The molecule has 0 aromatic heterocycles. The van der Waals surface area contributed by atoms with E-state index in [4.69, 9.17) is 9.47 Å². The lowest BCUT2D eigenvalue weighted by molar-refractivity contribution is -0.253. The summed E-state index contributed by atoms with van der Waals surface area (Å²) in [6.45, 7) is 3.54. The number of ether oxygens (including phenoxy) is 2. The van der Waals surface area contributed by atoms with E-state index in [2.05, 4.69) is 14.9 Å². The second-order valence-electron chi connectivity index (χ2n) is 13.1. The minimum atomic E-state index is -3.98. The summed E-state index contributed by atoms with van der Waals surface area (Å²) in [5.74, 6) is -0.488. The molecule has 1 amide bonds. The first-order valence-electron chi connectivity index (χ1n) is 17.1. The van der Waals surface area contributed by atoms with Crippen LogP contribution in [0.15, 0.2) is 108 Å². The summed E-state index contributed by atoms with van der Waals surface area (Å²) in [5, 5.41) is 22.3. The van der Waals surface area contributed by atoms with E-state index in [-0.39, 0.29) is 42.8 Å². The lowest BCUT2D eigenvalue weighted by Crippen LogP contribution is -2.45. The Balaban J connectivity index is 1.18. The molecular formula is C39H45N3O7S. The van der Waals surface area contributed by atoms with Crippen molar-refractivity contribution >= 4 is 21.6 Å². The standard InChI is InChI=1S/C39H45N3O7S/c1-27-9-19-35(20-10-27)50(46,47)41-36(22-28-6-3-2-4-7-28)38(45)40-32-17-15-31(16-18-32)39-48-34(24-42-21-5-8-33(42)26-44)23-37(49-39)30-13-11-29(25-43)12-14-30/h2-4,6-7,9-20,33-34,36-37,39,41,43-44H,5,8,21-26H2,1H3,(H,40,45)/t33-,34-,36+,37+,39+/m0/s1. The second kappa shape index (κ2) is 16.4.